The molecule has 1 fully saturated rings. The molecule has 0 bridgehead atoms. The number of halogens is 1. The Kier molecular flexibility index (Phi) is 3.59. The van der Waals surface area contributed by atoms with Crippen LogP contribution in [0.2, 0.25) is 0 Å². The summed E-state index contributed by atoms with van der Waals surface area (Å²) < 4.78 is 39.8. The second kappa shape index (κ2) is 4.85. The predicted octanol–water partition coefficient (Wildman–Crippen LogP) is 1.87. The molecule has 6 heteroatoms. The fraction of sp³-hybridized carbons (Fsp3) is 0.500. The van der Waals surface area contributed by atoms with E-state index in [9.17, 15) is 12.8 Å². The molecule has 0 aliphatic heterocycles. The normalized spacial score (nSPS) is 17.7. The van der Waals surface area contributed by atoms with Crippen LogP contribution in [0.4, 0.5) is 10.1 Å². The molecule has 1 aliphatic rings. The van der Waals surface area contributed by atoms with Crippen molar-refractivity contribution in [2.75, 3.05) is 5.73 Å². The van der Waals surface area contributed by atoms with E-state index < -0.39 is 15.8 Å². The fourth-order valence-electron chi connectivity index (χ4n) is 1.91. The highest BCUT2D eigenvalue weighted by atomic mass is 32.2. The van der Waals surface area contributed by atoms with E-state index in [0.717, 1.165) is 12.5 Å². The minimum Gasteiger partial charge on any atom is -0.396 e. The maximum absolute atomic E-state index is 13.2. The number of nitrogens with one attached hydrogen (secondary N) is 1. The van der Waals surface area contributed by atoms with Gasteiger partial charge >= 0.3 is 0 Å². The molecule has 1 aromatic rings. The number of hydrogen-bond donors (Lipinski definition) is 2. The number of anilines is 1. The van der Waals surface area contributed by atoms with E-state index in [1.54, 1.807) is 0 Å². The van der Waals surface area contributed by atoms with E-state index >= 15 is 0 Å². The lowest BCUT2D eigenvalue weighted by Gasteiger charge is -2.14. The van der Waals surface area contributed by atoms with Crippen LogP contribution in [0.1, 0.15) is 26.2 Å². The summed E-state index contributed by atoms with van der Waals surface area (Å²) >= 11 is 0. The number of sulfonamides is 1. The second-order valence-corrected chi connectivity index (χ2v) is 6.60. The molecule has 4 nitrogen and oxygen atoms in total. The molecule has 0 spiro atoms. The summed E-state index contributed by atoms with van der Waals surface area (Å²) in [5.41, 5.74) is 5.26. The molecule has 2 rings (SSSR count). The first kappa shape index (κ1) is 13.3. The highest BCUT2D eigenvalue weighted by molar-refractivity contribution is 7.89. The Morgan fingerprint density at radius 1 is 1.50 bits per heavy atom. The first-order valence-electron chi connectivity index (χ1n) is 5.96. The molecular formula is C12H17FN2O2S. The Bertz CT molecular complexity index is 541. The third-order valence-electron chi connectivity index (χ3n) is 3.02. The van der Waals surface area contributed by atoms with E-state index in [1.807, 2.05) is 6.92 Å². The summed E-state index contributed by atoms with van der Waals surface area (Å²) in [6.45, 7) is 1.82. The van der Waals surface area contributed by atoms with Gasteiger partial charge in [-0.25, -0.2) is 17.5 Å². The number of nitrogen functional groups attached to an aromatic ring is 1. The summed E-state index contributed by atoms with van der Waals surface area (Å²) in [4.78, 5) is -0.0863. The molecule has 18 heavy (non-hydrogen) atoms. The van der Waals surface area contributed by atoms with E-state index in [-0.39, 0.29) is 16.6 Å². The van der Waals surface area contributed by atoms with Gasteiger partial charge in [-0.1, -0.05) is 12.8 Å². The standard InChI is InChI=1S/C12H17FN2O2S/c1-8(6-9-2-3-9)15-18(16,17)10-4-5-12(14)11(13)7-10/h4-5,7-9,15H,2-3,6,14H2,1H3. The smallest absolute Gasteiger partial charge is 0.240 e. The van der Waals surface area contributed by atoms with Crippen LogP contribution >= 0.6 is 0 Å². The average Bonchev–Trinajstić information content (AvgIpc) is 3.04. The quantitative estimate of drug-likeness (QED) is 0.804. The number of rotatable bonds is 5. The highest BCUT2D eigenvalue weighted by Crippen LogP contribution is 2.33. The molecule has 3 N–H and O–H groups in total. The lowest BCUT2D eigenvalue weighted by Crippen LogP contribution is -2.33. The van der Waals surface area contributed by atoms with Crippen molar-refractivity contribution in [2.24, 2.45) is 5.92 Å². The Labute approximate surface area is 106 Å². The van der Waals surface area contributed by atoms with Gasteiger partial charge in [-0.05, 0) is 37.5 Å². The zero-order chi connectivity index (χ0) is 13.3. The van der Waals surface area contributed by atoms with Gasteiger partial charge in [0.15, 0.2) is 0 Å². The molecule has 1 aromatic carbocycles. The maximum Gasteiger partial charge on any atom is 0.240 e. The van der Waals surface area contributed by atoms with Crippen molar-refractivity contribution in [3.05, 3.63) is 24.0 Å². The van der Waals surface area contributed by atoms with Crippen LogP contribution in [0.3, 0.4) is 0 Å². The van der Waals surface area contributed by atoms with E-state index in [2.05, 4.69) is 4.72 Å². The van der Waals surface area contributed by atoms with Crippen LogP contribution in [-0.4, -0.2) is 14.5 Å². The van der Waals surface area contributed by atoms with Crippen LogP contribution in [0.15, 0.2) is 23.1 Å². The van der Waals surface area contributed by atoms with Gasteiger partial charge in [-0.15, -0.1) is 0 Å². The molecule has 1 unspecified atom stereocenters. The summed E-state index contributed by atoms with van der Waals surface area (Å²) in [6.07, 6.45) is 3.17. The summed E-state index contributed by atoms with van der Waals surface area (Å²) in [5, 5.41) is 0. The van der Waals surface area contributed by atoms with Crippen LogP contribution in [0.25, 0.3) is 0 Å². The SMILES string of the molecule is CC(CC1CC1)NS(=O)(=O)c1ccc(N)c(F)c1. The van der Waals surface area contributed by atoms with Gasteiger partial charge in [0, 0.05) is 6.04 Å². The number of benzene rings is 1. The Balaban J connectivity index is 2.11. The molecule has 0 heterocycles. The molecule has 0 radical (unpaired) electrons. The number of nitrogens with two attached hydrogens (primary N) is 1. The molecule has 0 saturated heterocycles. The van der Waals surface area contributed by atoms with Crippen molar-refractivity contribution in [3.63, 3.8) is 0 Å². The zero-order valence-corrected chi connectivity index (χ0v) is 11.0. The fourth-order valence-corrected chi connectivity index (χ4v) is 3.18. The summed E-state index contributed by atoms with van der Waals surface area (Å²) in [7, 11) is -3.66. The first-order chi connectivity index (χ1) is 8.38. The largest absolute Gasteiger partial charge is 0.396 e. The summed E-state index contributed by atoms with van der Waals surface area (Å²) in [6, 6.07) is 3.38. The highest BCUT2D eigenvalue weighted by Gasteiger charge is 2.26. The lowest BCUT2D eigenvalue weighted by atomic mass is 10.2. The third kappa shape index (κ3) is 3.20. The van der Waals surface area contributed by atoms with Gasteiger partial charge in [-0.3, -0.25) is 0 Å². The molecule has 1 aliphatic carbocycles. The van der Waals surface area contributed by atoms with Crippen molar-refractivity contribution in [1.82, 2.24) is 4.72 Å². The van der Waals surface area contributed by atoms with Gasteiger partial charge in [0.2, 0.25) is 10.0 Å². The van der Waals surface area contributed by atoms with Crippen LogP contribution in [0, 0.1) is 11.7 Å². The second-order valence-electron chi connectivity index (χ2n) is 4.88. The third-order valence-corrected chi connectivity index (χ3v) is 4.61. The summed E-state index contributed by atoms with van der Waals surface area (Å²) in [5.74, 6) is -0.0847. The van der Waals surface area contributed by atoms with Crippen molar-refractivity contribution < 1.29 is 12.8 Å². The minimum absolute atomic E-state index is 0.0556. The van der Waals surface area contributed by atoms with Gasteiger partial charge in [0.25, 0.3) is 0 Å². The molecule has 1 saturated carbocycles. The van der Waals surface area contributed by atoms with Gasteiger partial charge < -0.3 is 5.73 Å². The molecule has 0 amide bonds. The zero-order valence-electron chi connectivity index (χ0n) is 10.2. The van der Waals surface area contributed by atoms with Crippen LogP contribution in [-0.2, 0) is 10.0 Å². The minimum atomic E-state index is -3.66. The maximum atomic E-state index is 13.2. The van der Waals surface area contributed by atoms with Crippen molar-refractivity contribution in [3.8, 4) is 0 Å². The Hall–Kier alpha value is -1.14. The molecule has 1 atom stereocenters. The lowest BCUT2D eigenvalue weighted by molar-refractivity contribution is 0.529. The Morgan fingerprint density at radius 2 is 2.17 bits per heavy atom. The van der Waals surface area contributed by atoms with Crippen molar-refractivity contribution >= 4 is 15.7 Å². The van der Waals surface area contributed by atoms with E-state index in [0.29, 0.717) is 5.92 Å². The monoisotopic (exact) mass is 272 g/mol. The van der Waals surface area contributed by atoms with Gasteiger partial charge in [0.05, 0.1) is 10.6 Å². The van der Waals surface area contributed by atoms with Gasteiger partial charge in [0.1, 0.15) is 5.82 Å². The number of hydrogen-bond acceptors (Lipinski definition) is 3. The Morgan fingerprint density at radius 3 is 2.72 bits per heavy atom. The topological polar surface area (TPSA) is 72.2 Å². The first-order valence-corrected chi connectivity index (χ1v) is 7.44. The van der Waals surface area contributed by atoms with Crippen LogP contribution in [0.5, 0.6) is 0 Å². The molecule has 0 aromatic heterocycles. The van der Waals surface area contributed by atoms with E-state index in [1.165, 1.54) is 25.0 Å². The molecular weight excluding hydrogens is 255 g/mol. The van der Waals surface area contributed by atoms with Crippen molar-refractivity contribution in [1.29, 1.82) is 0 Å². The molecule has 100 valence electrons. The average molecular weight is 272 g/mol. The van der Waals surface area contributed by atoms with Crippen LogP contribution < -0.4 is 10.5 Å². The van der Waals surface area contributed by atoms with E-state index in [4.69, 9.17) is 5.73 Å². The van der Waals surface area contributed by atoms with Crippen molar-refractivity contribution in [2.45, 2.75) is 37.1 Å². The predicted molar refractivity (Wildman–Crippen MR) is 67.9 cm³/mol. The van der Waals surface area contributed by atoms with Gasteiger partial charge in [-0.2, -0.15) is 0 Å².